The average Bonchev–Trinajstić information content (AvgIpc) is 2.91. The van der Waals surface area contributed by atoms with Crippen LogP contribution in [0.15, 0.2) is 30.3 Å². The van der Waals surface area contributed by atoms with Crippen molar-refractivity contribution in [1.29, 1.82) is 0 Å². The molecule has 0 aliphatic carbocycles. The number of ether oxygens (including phenoxy) is 1. The van der Waals surface area contributed by atoms with Gasteiger partial charge < -0.3 is 15.0 Å². The second-order valence-corrected chi connectivity index (χ2v) is 5.19. The Morgan fingerprint density at radius 1 is 1.25 bits per heavy atom. The summed E-state index contributed by atoms with van der Waals surface area (Å²) < 4.78 is 7.93. The summed E-state index contributed by atoms with van der Waals surface area (Å²) in [7, 11) is 0. The molecule has 2 heterocycles. The highest BCUT2D eigenvalue weighted by molar-refractivity contribution is 5.20. The van der Waals surface area contributed by atoms with E-state index in [9.17, 15) is 0 Å². The molecule has 1 aliphatic rings. The van der Waals surface area contributed by atoms with Crippen molar-refractivity contribution in [2.24, 2.45) is 11.7 Å². The minimum Gasteiger partial charge on any atom is -0.493 e. The van der Waals surface area contributed by atoms with Gasteiger partial charge in [-0.1, -0.05) is 18.2 Å². The Labute approximate surface area is 118 Å². The molecule has 0 spiro atoms. The van der Waals surface area contributed by atoms with Gasteiger partial charge in [-0.3, -0.25) is 0 Å². The summed E-state index contributed by atoms with van der Waals surface area (Å²) in [4.78, 5) is 0. The van der Waals surface area contributed by atoms with Gasteiger partial charge in [0.25, 0.3) is 0 Å². The molecule has 1 aromatic heterocycles. The van der Waals surface area contributed by atoms with Crippen molar-refractivity contribution in [3.63, 3.8) is 0 Å². The zero-order valence-electron chi connectivity index (χ0n) is 11.5. The smallest absolute Gasteiger partial charge is 0.136 e. The van der Waals surface area contributed by atoms with Gasteiger partial charge in [0.15, 0.2) is 0 Å². The molecule has 5 heteroatoms. The first-order chi connectivity index (χ1) is 9.86. The number of benzene rings is 1. The van der Waals surface area contributed by atoms with Gasteiger partial charge in [0.05, 0.1) is 6.61 Å². The van der Waals surface area contributed by atoms with Crippen LogP contribution in [-0.4, -0.2) is 27.9 Å². The summed E-state index contributed by atoms with van der Waals surface area (Å²) >= 11 is 0. The second-order valence-electron chi connectivity index (χ2n) is 5.19. The molecule has 2 aromatic rings. The molecule has 2 N–H and O–H groups in total. The fraction of sp³-hybridized carbons (Fsp3) is 0.467. The van der Waals surface area contributed by atoms with Crippen molar-refractivity contribution in [3.05, 3.63) is 42.0 Å². The highest BCUT2D eigenvalue weighted by atomic mass is 16.5. The summed E-state index contributed by atoms with van der Waals surface area (Å²) in [6.07, 6.45) is 2.85. The normalized spacial score (nSPS) is 17.8. The molecule has 0 saturated heterocycles. The van der Waals surface area contributed by atoms with Crippen LogP contribution in [0.5, 0.6) is 5.75 Å². The van der Waals surface area contributed by atoms with Crippen LogP contribution in [0.1, 0.15) is 18.1 Å². The third-order valence-corrected chi connectivity index (χ3v) is 3.81. The third-order valence-electron chi connectivity index (χ3n) is 3.81. The number of aromatic nitrogens is 3. The Bertz CT molecular complexity index is 552. The van der Waals surface area contributed by atoms with Crippen LogP contribution in [0.25, 0.3) is 0 Å². The molecule has 0 radical (unpaired) electrons. The van der Waals surface area contributed by atoms with Gasteiger partial charge in [-0.15, -0.1) is 10.2 Å². The highest BCUT2D eigenvalue weighted by Crippen LogP contribution is 2.19. The van der Waals surface area contributed by atoms with E-state index in [0.29, 0.717) is 12.5 Å². The first kappa shape index (κ1) is 13.1. The lowest BCUT2D eigenvalue weighted by atomic mass is 9.98. The summed E-state index contributed by atoms with van der Waals surface area (Å²) in [5.41, 5.74) is 5.73. The van der Waals surface area contributed by atoms with Crippen LogP contribution in [0.3, 0.4) is 0 Å². The maximum absolute atomic E-state index is 5.73. The number of hydrogen-bond acceptors (Lipinski definition) is 4. The molecule has 3 rings (SSSR count). The van der Waals surface area contributed by atoms with E-state index < -0.39 is 0 Å². The Hall–Kier alpha value is -1.88. The first-order valence-electron chi connectivity index (χ1n) is 7.15. The molecule has 0 fully saturated rings. The molecule has 0 bridgehead atoms. The van der Waals surface area contributed by atoms with Gasteiger partial charge >= 0.3 is 0 Å². The standard InChI is InChI=1S/C15H20N4O/c16-11-12-6-8-19-14(17-18-15(19)10-12)7-9-20-13-4-2-1-3-5-13/h1-5,12H,6-11,16H2. The van der Waals surface area contributed by atoms with Crippen molar-refractivity contribution in [3.8, 4) is 5.75 Å². The van der Waals surface area contributed by atoms with E-state index >= 15 is 0 Å². The van der Waals surface area contributed by atoms with Crippen LogP contribution in [-0.2, 0) is 19.4 Å². The molecular formula is C15H20N4O. The lowest BCUT2D eigenvalue weighted by Gasteiger charge is -2.22. The number of hydrogen-bond donors (Lipinski definition) is 1. The fourth-order valence-electron chi connectivity index (χ4n) is 2.62. The summed E-state index contributed by atoms with van der Waals surface area (Å²) in [6, 6.07) is 9.86. The van der Waals surface area contributed by atoms with Gasteiger partial charge in [0, 0.05) is 19.4 Å². The molecule has 1 unspecified atom stereocenters. The largest absolute Gasteiger partial charge is 0.493 e. The van der Waals surface area contributed by atoms with Gasteiger partial charge in [0.1, 0.15) is 17.4 Å². The Morgan fingerprint density at radius 2 is 2.10 bits per heavy atom. The zero-order chi connectivity index (χ0) is 13.8. The number of nitrogens with zero attached hydrogens (tertiary/aromatic N) is 3. The molecule has 20 heavy (non-hydrogen) atoms. The molecule has 0 saturated carbocycles. The van der Waals surface area contributed by atoms with E-state index in [0.717, 1.165) is 49.8 Å². The molecule has 1 atom stereocenters. The first-order valence-corrected chi connectivity index (χ1v) is 7.15. The van der Waals surface area contributed by atoms with Gasteiger partial charge in [0.2, 0.25) is 0 Å². The number of nitrogens with two attached hydrogens (primary N) is 1. The molecular weight excluding hydrogens is 252 g/mol. The topological polar surface area (TPSA) is 66.0 Å². The van der Waals surface area contributed by atoms with E-state index in [2.05, 4.69) is 14.8 Å². The van der Waals surface area contributed by atoms with E-state index in [1.807, 2.05) is 30.3 Å². The van der Waals surface area contributed by atoms with Crippen LogP contribution in [0.2, 0.25) is 0 Å². The second kappa shape index (κ2) is 6.05. The van der Waals surface area contributed by atoms with Gasteiger partial charge in [-0.25, -0.2) is 0 Å². The monoisotopic (exact) mass is 272 g/mol. The van der Waals surface area contributed by atoms with Crippen LogP contribution >= 0.6 is 0 Å². The SMILES string of the molecule is NCC1CCn2c(CCOc3ccccc3)nnc2C1. The predicted octanol–water partition coefficient (Wildman–Crippen LogP) is 1.42. The van der Waals surface area contributed by atoms with E-state index in [4.69, 9.17) is 10.5 Å². The summed E-state index contributed by atoms with van der Waals surface area (Å²) in [5.74, 6) is 3.54. The zero-order valence-corrected chi connectivity index (χ0v) is 11.5. The van der Waals surface area contributed by atoms with Crippen molar-refractivity contribution in [2.75, 3.05) is 13.2 Å². The molecule has 0 amide bonds. The number of fused-ring (bicyclic) bond motifs is 1. The minimum absolute atomic E-state index is 0.556. The van der Waals surface area contributed by atoms with Crippen molar-refractivity contribution in [2.45, 2.75) is 25.8 Å². The van der Waals surface area contributed by atoms with Gasteiger partial charge in [-0.05, 0) is 31.0 Å². The fourth-order valence-corrected chi connectivity index (χ4v) is 2.62. The number of rotatable bonds is 5. The van der Waals surface area contributed by atoms with E-state index in [-0.39, 0.29) is 0 Å². The average molecular weight is 272 g/mol. The van der Waals surface area contributed by atoms with E-state index in [1.54, 1.807) is 0 Å². The highest BCUT2D eigenvalue weighted by Gasteiger charge is 2.21. The molecule has 5 nitrogen and oxygen atoms in total. The Kier molecular flexibility index (Phi) is 3.97. The number of para-hydroxylation sites is 1. The van der Waals surface area contributed by atoms with Crippen molar-refractivity contribution in [1.82, 2.24) is 14.8 Å². The minimum atomic E-state index is 0.556. The predicted molar refractivity (Wildman–Crippen MR) is 76.5 cm³/mol. The Morgan fingerprint density at radius 3 is 2.90 bits per heavy atom. The van der Waals surface area contributed by atoms with Crippen LogP contribution < -0.4 is 10.5 Å². The summed E-state index contributed by atoms with van der Waals surface area (Å²) in [6.45, 7) is 2.34. The van der Waals surface area contributed by atoms with Crippen molar-refractivity contribution >= 4 is 0 Å². The van der Waals surface area contributed by atoms with Crippen LogP contribution in [0.4, 0.5) is 0 Å². The van der Waals surface area contributed by atoms with Gasteiger partial charge in [-0.2, -0.15) is 0 Å². The maximum atomic E-state index is 5.73. The van der Waals surface area contributed by atoms with E-state index in [1.165, 1.54) is 0 Å². The summed E-state index contributed by atoms with van der Waals surface area (Å²) in [5, 5.41) is 8.57. The van der Waals surface area contributed by atoms with Crippen molar-refractivity contribution < 1.29 is 4.74 Å². The Balaban J connectivity index is 1.58. The lowest BCUT2D eigenvalue weighted by molar-refractivity contribution is 0.312. The quantitative estimate of drug-likeness (QED) is 0.894. The molecule has 1 aromatic carbocycles. The maximum Gasteiger partial charge on any atom is 0.136 e. The third kappa shape index (κ3) is 2.82. The lowest BCUT2D eigenvalue weighted by Crippen LogP contribution is -2.26. The van der Waals surface area contributed by atoms with Crippen LogP contribution in [0, 0.1) is 5.92 Å². The molecule has 1 aliphatic heterocycles. The molecule has 106 valence electrons.